The molecule has 0 unspecified atom stereocenters. The molecule has 0 N–H and O–H groups in total. The Balaban J connectivity index is 1.65. The largest absolute Gasteiger partial charge is 0.467 e. The van der Waals surface area contributed by atoms with E-state index in [4.69, 9.17) is 9.52 Å². The minimum absolute atomic E-state index is 0.126. The Bertz CT molecular complexity index is 1840. The number of rotatable bonds is 7. The van der Waals surface area contributed by atoms with Crippen LogP contribution in [0.2, 0.25) is 0 Å². The van der Waals surface area contributed by atoms with Crippen LogP contribution in [0.1, 0.15) is 18.2 Å². The summed E-state index contributed by atoms with van der Waals surface area (Å²) in [6.45, 7) is 1.44. The Morgan fingerprint density at radius 1 is 1.00 bits per heavy atom. The smallest absolute Gasteiger partial charge is 0.272 e. The van der Waals surface area contributed by atoms with Crippen LogP contribution in [-0.2, 0) is 26.2 Å². The van der Waals surface area contributed by atoms with E-state index in [1.54, 1.807) is 48.1 Å². The van der Waals surface area contributed by atoms with Crippen LogP contribution in [0.25, 0.3) is 23.0 Å². The summed E-state index contributed by atoms with van der Waals surface area (Å²) >= 11 is 0. The van der Waals surface area contributed by atoms with Crippen molar-refractivity contribution >= 4 is 27.9 Å². The van der Waals surface area contributed by atoms with E-state index in [1.807, 2.05) is 36.4 Å². The molecule has 2 aromatic carbocycles. The van der Waals surface area contributed by atoms with Gasteiger partial charge in [0.15, 0.2) is 0 Å². The average Bonchev–Trinajstić information content (AvgIpc) is 3.64. The summed E-state index contributed by atoms with van der Waals surface area (Å²) in [5, 5.41) is 14.5. The van der Waals surface area contributed by atoms with E-state index in [9.17, 15) is 23.3 Å². The molecule has 2 aromatic heterocycles. The first kappa shape index (κ1) is 27.5. The molecule has 0 saturated carbocycles. The lowest BCUT2D eigenvalue weighted by Gasteiger charge is -2.26. The first-order valence-corrected chi connectivity index (χ1v) is 14.0. The monoisotopic (exact) mass is 567 g/mol. The average molecular weight is 568 g/mol. The highest BCUT2D eigenvalue weighted by Crippen LogP contribution is 2.32. The van der Waals surface area contributed by atoms with Gasteiger partial charge in [-0.15, -0.1) is 0 Å². The molecule has 0 radical (unpaired) electrons. The van der Waals surface area contributed by atoms with Crippen LogP contribution < -0.4 is 0 Å². The van der Waals surface area contributed by atoms with Crippen LogP contribution >= 0.6 is 0 Å². The molecule has 0 saturated heterocycles. The Labute approximate surface area is 237 Å². The first-order valence-electron chi connectivity index (χ1n) is 12.5. The second-order valence-corrected chi connectivity index (χ2v) is 11.6. The van der Waals surface area contributed by atoms with E-state index in [1.165, 1.54) is 32.5 Å². The summed E-state index contributed by atoms with van der Waals surface area (Å²) in [5.41, 5.74) is 2.65. The molecule has 0 fully saturated rings. The van der Waals surface area contributed by atoms with Crippen LogP contribution in [-0.4, -0.2) is 53.3 Å². The topological polar surface area (TPSA) is 130 Å². The third kappa shape index (κ3) is 5.14. The molecular weight excluding hydrogens is 542 g/mol. The number of aromatic nitrogens is 2. The van der Waals surface area contributed by atoms with Gasteiger partial charge in [0.1, 0.15) is 17.4 Å². The van der Waals surface area contributed by atoms with Gasteiger partial charge in [0, 0.05) is 37.0 Å². The highest BCUT2D eigenvalue weighted by atomic mass is 32.2. The zero-order valence-corrected chi connectivity index (χ0v) is 23.3. The molecule has 1 aliphatic heterocycles. The maximum Gasteiger partial charge on any atom is 0.272 e. The summed E-state index contributed by atoms with van der Waals surface area (Å²) in [5.74, 6) is -0.872. The number of nitrogens with zero attached hydrogens (tertiary/aromatic N) is 5. The fraction of sp³-hybridized carbons (Fsp3) is 0.133. The molecule has 0 spiro atoms. The molecule has 206 valence electrons. The number of nitriles is 1. The first-order chi connectivity index (χ1) is 19.6. The molecule has 41 heavy (non-hydrogen) atoms. The molecule has 2 amide bonds. The van der Waals surface area contributed by atoms with E-state index >= 15 is 0 Å². The van der Waals surface area contributed by atoms with Gasteiger partial charge in [-0.1, -0.05) is 30.3 Å². The standard InChI is InChI=1S/C30H25N5O5S/c1-20-26(29(36)34(30(37)27(20)17-31)19-24-10-7-15-40-24)16-22-18-35(23-8-5-4-6-9-23)32-28(22)21-11-13-25(14-12-21)41(38,39)33(2)3/h4-16,18H,19H2,1-3H3/b26-16+. The minimum Gasteiger partial charge on any atom is -0.467 e. The highest BCUT2D eigenvalue weighted by Gasteiger charge is 2.36. The van der Waals surface area contributed by atoms with Crippen molar-refractivity contribution in [2.75, 3.05) is 14.1 Å². The van der Waals surface area contributed by atoms with Crippen LogP contribution in [0.4, 0.5) is 0 Å². The van der Waals surface area contributed by atoms with E-state index in [0.717, 1.165) is 14.9 Å². The van der Waals surface area contributed by atoms with Gasteiger partial charge in [0.2, 0.25) is 10.0 Å². The zero-order chi connectivity index (χ0) is 29.3. The van der Waals surface area contributed by atoms with Crippen LogP contribution in [0.3, 0.4) is 0 Å². The fourth-order valence-electron chi connectivity index (χ4n) is 4.41. The van der Waals surface area contributed by atoms with E-state index < -0.39 is 21.8 Å². The van der Waals surface area contributed by atoms with E-state index in [0.29, 0.717) is 22.6 Å². The Morgan fingerprint density at radius 2 is 1.71 bits per heavy atom. The van der Waals surface area contributed by atoms with Gasteiger partial charge in [-0.25, -0.2) is 17.4 Å². The van der Waals surface area contributed by atoms with Crippen molar-refractivity contribution < 1.29 is 22.4 Å². The number of carbonyl (C=O) groups is 2. The Morgan fingerprint density at radius 3 is 2.32 bits per heavy atom. The molecule has 0 aliphatic carbocycles. The minimum atomic E-state index is -3.63. The SMILES string of the molecule is CC1=C(C#N)C(=O)N(Cc2ccco2)C(=O)/C1=C/c1cn(-c2ccccc2)nc1-c1ccc(S(=O)(=O)N(C)C)cc1. The third-order valence-electron chi connectivity index (χ3n) is 6.69. The predicted molar refractivity (Wildman–Crippen MR) is 150 cm³/mol. The number of amides is 2. The van der Waals surface area contributed by atoms with Crippen LogP contribution in [0.15, 0.2) is 105 Å². The van der Waals surface area contributed by atoms with Crippen molar-refractivity contribution in [1.29, 1.82) is 5.26 Å². The van der Waals surface area contributed by atoms with Gasteiger partial charge in [-0.3, -0.25) is 14.5 Å². The van der Waals surface area contributed by atoms with Crippen LogP contribution in [0, 0.1) is 11.3 Å². The summed E-state index contributed by atoms with van der Waals surface area (Å²) < 4.78 is 33.3. The van der Waals surface area contributed by atoms with Gasteiger partial charge in [-0.05, 0) is 55.0 Å². The number of carbonyl (C=O) groups excluding carboxylic acids is 2. The van der Waals surface area contributed by atoms with Crippen molar-refractivity contribution in [3.63, 3.8) is 0 Å². The number of furan rings is 1. The van der Waals surface area contributed by atoms with Gasteiger partial charge in [0.25, 0.3) is 11.8 Å². The predicted octanol–water partition coefficient (Wildman–Crippen LogP) is 4.18. The van der Waals surface area contributed by atoms with Crippen molar-refractivity contribution in [3.8, 4) is 23.0 Å². The lowest BCUT2D eigenvalue weighted by atomic mass is 9.93. The molecular formula is C30H25N5O5S. The number of benzene rings is 2. The summed E-state index contributed by atoms with van der Waals surface area (Å²) in [4.78, 5) is 27.8. The molecule has 0 atom stereocenters. The van der Waals surface area contributed by atoms with E-state index in [2.05, 4.69) is 0 Å². The summed E-state index contributed by atoms with van der Waals surface area (Å²) in [6, 6.07) is 20.9. The normalized spacial score (nSPS) is 15.2. The van der Waals surface area contributed by atoms with Crippen molar-refractivity contribution in [2.24, 2.45) is 0 Å². The molecule has 10 nitrogen and oxygen atoms in total. The number of hydrogen-bond donors (Lipinski definition) is 0. The van der Waals surface area contributed by atoms with Gasteiger partial charge in [-0.2, -0.15) is 10.4 Å². The Kier molecular flexibility index (Phi) is 7.28. The third-order valence-corrected chi connectivity index (χ3v) is 8.52. The molecule has 0 bridgehead atoms. The number of sulfonamides is 1. The van der Waals surface area contributed by atoms with Gasteiger partial charge >= 0.3 is 0 Å². The molecule has 1 aliphatic rings. The number of hydrogen-bond acceptors (Lipinski definition) is 7. The Hall–Kier alpha value is -5.05. The van der Waals surface area contributed by atoms with E-state index in [-0.39, 0.29) is 28.2 Å². The highest BCUT2D eigenvalue weighted by molar-refractivity contribution is 7.89. The maximum absolute atomic E-state index is 13.6. The second kappa shape index (κ2) is 10.8. The quantitative estimate of drug-likeness (QED) is 0.242. The zero-order valence-electron chi connectivity index (χ0n) is 22.5. The maximum atomic E-state index is 13.6. The van der Waals surface area contributed by atoms with Gasteiger partial charge in [0.05, 0.1) is 29.1 Å². The second-order valence-electron chi connectivity index (χ2n) is 9.47. The number of para-hydroxylation sites is 1. The summed E-state index contributed by atoms with van der Waals surface area (Å²) in [6.07, 6.45) is 4.78. The molecule has 5 rings (SSSR count). The molecule has 11 heteroatoms. The molecule has 4 aromatic rings. The van der Waals surface area contributed by atoms with Gasteiger partial charge < -0.3 is 4.42 Å². The lowest BCUT2D eigenvalue weighted by molar-refractivity contribution is -0.141. The fourth-order valence-corrected chi connectivity index (χ4v) is 5.31. The molecule has 3 heterocycles. The van der Waals surface area contributed by atoms with Crippen LogP contribution in [0.5, 0.6) is 0 Å². The number of imide groups is 1. The lowest BCUT2D eigenvalue weighted by Crippen LogP contribution is -2.42. The van der Waals surface area contributed by atoms with Crippen molar-refractivity contribution in [3.05, 3.63) is 107 Å². The summed E-state index contributed by atoms with van der Waals surface area (Å²) in [7, 11) is -0.714. The van der Waals surface area contributed by atoms with Crippen molar-refractivity contribution in [1.82, 2.24) is 19.0 Å². The van der Waals surface area contributed by atoms with Crippen molar-refractivity contribution in [2.45, 2.75) is 18.4 Å².